The molecule has 2 heterocycles. The maximum atomic E-state index is 12.9. The average molecular weight is 476 g/mol. The van der Waals surface area contributed by atoms with Gasteiger partial charge in [0.25, 0.3) is 0 Å². The Morgan fingerprint density at radius 2 is 1.94 bits per heavy atom. The maximum absolute atomic E-state index is 12.9. The minimum absolute atomic E-state index is 0.0766. The van der Waals surface area contributed by atoms with Gasteiger partial charge in [-0.3, -0.25) is 14.5 Å². The molecule has 4 atom stereocenters. The van der Waals surface area contributed by atoms with Gasteiger partial charge in [-0.05, 0) is 68.9 Å². The second kappa shape index (κ2) is 10.3. The van der Waals surface area contributed by atoms with Crippen LogP contribution in [0.2, 0.25) is 5.02 Å². The van der Waals surface area contributed by atoms with Crippen molar-refractivity contribution in [3.63, 3.8) is 0 Å². The predicted octanol–water partition coefficient (Wildman–Crippen LogP) is 3.87. The normalized spacial score (nSPS) is 27.8. The number of rotatable bonds is 6. The number of carbonyl (C=O) groups excluding carboxylic acids is 2. The molecule has 0 spiro atoms. The topological polar surface area (TPSA) is 75.9 Å². The summed E-state index contributed by atoms with van der Waals surface area (Å²) >= 11 is 6.54. The van der Waals surface area contributed by atoms with E-state index in [2.05, 4.69) is 23.6 Å². The number of primary amides is 1. The molecule has 1 saturated carbocycles. The second-order valence-electron chi connectivity index (χ2n) is 10.4. The van der Waals surface area contributed by atoms with E-state index in [1.807, 2.05) is 19.1 Å². The smallest absolute Gasteiger partial charge is 0.226 e. The van der Waals surface area contributed by atoms with Crippen LogP contribution in [0.1, 0.15) is 68.6 Å². The Labute approximate surface area is 202 Å². The molecule has 1 aromatic carbocycles. The summed E-state index contributed by atoms with van der Waals surface area (Å²) in [7, 11) is 0. The molecule has 7 heteroatoms. The molecule has 3 fully saturated rings. The lowest BCUT2D eigenvalue weighted by atomic mass is 9.81. The Hall–Kier alpha value is -1.63. The number of carbonyl (C=O) groups is 2. The van der Waals surface area contributed by atoms with Crippen LogP contribution in [0.5, 0.6) is 0 Å². The van der Waals surface area contributed by atoms with Crippen molar-refractivity contribution in [2.24, 2.45) is 17.6 Å². The van der Waals surface area contributed by atoms with Crippen molar-refractivity contribution in [2.75, 3.05) is 26.2 Å². The van der Waals surface area contributed by atoms with Crippen molar-refractivity contribution < 1.29 is 14.3 Å². The van der Waals surface area contributed by atoms with Crippen LogP contribution in [0.25, 0.3) is 0 Å². The predicted molar refractivity (Wildman–Crippen MR) is 130 cm³/mol. The third kappa shape index (κ3) is 5.39. The quantitative estimate of drug-likeness (QED) is 0.677. The van der Waals surface area contributed by atoms with E-state index in [4.69, 9.17) is 22.1 Å². The highest BCUT2D eigenvalue weighted by Crippen LogP contribution is 2.37. The number of benzene rings is 1. The number of hydrogen-bond donors (Lipinski definition) is 1. The van der Waals surface area contributed by atoms with E-state index in [0.717, 1.165) is 62.1 Å². The monoisotopic (exact) mass is 475 g/mol. The van der Waals surface area contributed by atoms with Crippen LogP contribution in [0, 0.1) is 18.8 Å². The summed E-state index contributed by atoms with van der Waals surface area (Å²) in [5.41, 5.74) is 9.01. The maximum Gasteiger partial charge on any atom is 0.226 e. The summed E-state index contributed by atoms with van der Waals surface area (Å²) in [6, 6.07) is 4.10. The molecule has 6 nitrogen and oxygen atoms in total. The van der Waals surface area contributed by atoms with Gasteiger partial charge in [-0.1, -0.05) is 24.4 Å². The Morgan fingerprint density at radius 1 is 1.21 bits per heavy atom. The molecule has 3 aliphatic rings. The van der Waals surface area contributed by atoms with E-state index in [9.17, 15) is 9.59 Å². The Kier molecular flexibility index (Phi) is 7.66. The van der Waals surface area contributed by atoms with Gasteiger partial charge in [0.15, 0.2) is 0 Å². The summed E-state index contributed by atoms with van der Waals surface area (Å²) in [6.45, 7) is 10.0. The number of hydrogen-bond acceptors (Lipinski definition) is 4. The first-order valence-corrected chi connectivity index (χ1v) is 12.8. The molecular weight excluding hydrogens is 438 g/mol. The molecule has 2 saturated heterocycles. The SMILES string of the molecule is Cc1c(CN2CCN(C(=O)C3CCCC3)[C@@H](C)C2)cc(Cl)cc1C(C(N)=O)C1COC(C)C1. The van der Waals surface area contributed by atoms with Crippen LogP contribution in [0.4, 0.5) is 0 Å². The van der Waals surface area contributed by atoms with Crippen LogP contribution in [-0.2, 0) is 20.9 Å². The molecule has 2 amide bonds. The van der Waals surface area contributed by atoms with Crippen molar-refractivity contribution in [3.8, 4) is 0 Å². The van der Waals surface area contributed by atoms with Gasteiger partial charge < -0.3 is 15.4 Å². The second-order valence-corrected chi connectivity index (χ2v) is 10.8. The summed E-state index contributed by atoms with van der Waals surface area (Å²) in [5, 5.41) is 0.631. The van der Waals surface area contributed by atoms with Crippen molar-refractivity contribution in [2.45, 2.75) is 77.5 Å². The van der Waals surface area contributed by atoms with E-state index in [1.54, 1.807) is 0 Å². The molecule has 33 heavy (non-hydrogen) atoms. The first-order valence-electron chi connectivity index (χ1n) is 12.5. The van der Waals surface area contributed by atoms with Crippen molar-refractivity contribution in [1.29, 1.82) is 0 Å². The number of halogens is 1. The molecular formula is C26H38ClN3O3. The zero-order chi connectivity index (χ0) is 23.7. The van der Waals surface area contributed by atoms with Crippen LogP contribution in [0.15, 0.2) is 12.1 Å². The highest BCUT2D eigenvalue weighted by Gasteiger charge is 2.36. The van der Waals surface area contributed by atoms with Gasteiger partial charge in [-0.15, -0.1) is 0 Å². The Bertz CT molecular complexity index is 886. The van der Waals surface area contributed by atoms with E-state index < -0.39 is 5.92 Å². The van der Waals surface area contributed by atoms with Crippen LogP contribution in [-0.4, -0.2) is 60.0 Å². The van der Waals surface area contributed by atoms with Crippen LogP contribution < -0.4 is 5.73 Å². The number of amides is 2. The molecule has 182 valence electrons. The van der Waals surface area contributed by atoms with E-state index >= 15 is 0 Å². The summed E-state index contributed by atoms with van der Waals surface area (Å²) in [4.78, 5) is 29.9. The summed E-state index contributed by atoms with van der Waals surface area (Å²) < 4.78 is 5.74. The highest BCUT2D eigenvalue weighted by molar-refractivity contribution is 6.30. The molecule has 0 aromatic heterocycles. The Morgan fingerprint density at radius 3 is 2.55 bits per heavy atom. The minimum atomic E-state index is -0.396. The number of nitrogens with two attached hydrogens (primary N) is 1. The van der Waals surface area contributed by atoms with E-state index in [-0.39, 0.29) is 29.9 Å². The number of nitrogens with zero attached hydrogens (tertiary/aromatic N) is 2. The lowest BCUT2D eigenvalue weighted by molar-refractivity contribution is -0.140. The fourth-order valence-electron chi connectivity index (χ4n) is 6.12. The highest BCUT2D eigenvalue weighted by atomic mass is 35.5. The molecule has 4 rings (SSSR count). The third-order valence-electron chi connectivity index (χ3n) is 7.96. The summed E-state index contributed by atoms with van der Waals surface area (Å²) in [6.07, 6.45) is 5.41. The molecule has 2 aliphatic heterocycles. The van der Waals surface area contributed by atoms with Crippen molar-refractivity contribution >= 4 is 23.4 Å². The van der Waals surface area contributed by atoms with Crippen LogP contribution >= 0.6 is 11.6 Å². The van der Waals surface area contributed by atoms with Crippen molar-refractivity contribution in [1.82, 2.24) is 9.80 Å². The van der Waals surface area contributed by atoms with Crippen LogP contribution in [0.3, 0.4) is 0 Å². The first-order chi connectivity index (χ1) is 15.7. The Balaban J connectivity index is 1.48. The van der Waals surface area contributed by atoms with Gasteiger partial charge in [0, 0.05) is 49.1 Å². The van der Waals surface area contributed by atoms with Gasteiger partial charge in [0.05, 0.1) is 18.6 Å². The summed E-state index contributed by atoms with van der Waals surface area (Å²) in [5.74, 6) is -0.0653. The molecule has 0 bridgehead atoms. The minimum Gasteiger partial charge on any atom is -0.378 e. The van der Waals surface area contributed by atoms with Gasteiger partial charge >= 0.3 is 0 Å². The largest absolute Gasteiger partial charge is 0.378 e. The molecule has 2 N–H and O–H groups in total. The molecule has 1 aromatic rings. The molecule has 3 unspecified atom stereocenters. The third-order valence-corrected chi connectivity index (χ3v) is 8.17. The number of piperazine rings is 1. The van der Waals surface area contributed by atoms with Gasteiger partial charge in [-0.2, -0.15) is 0 Å². The van der Waals surface area contributed by atoms with Crippen molar-refractivity contribution in [3.05, 3.63) is 33.8 Å². The molecule has 1 aliphatic carbocycles. The zero-order valence-corrected chi connectivity index (χ0v) is 20.9. The lowest BCUT2D eigenvalue weighted by Crippen LogP contribution is -2.54. The fourth-order valence-corrected chi connectivity index (χ4v) is 6.37. The van der Waals surface area contributed by atoms with E-state index in [0.29, 0.717) is 17.5 Å². The standard InChI is InChI=1S/C26H38ClN3O3/c1-16-13-29(8-9-30(16)26(32)19-6-4-5-7-19)14-20-11-22(27)12-23(18(20)3)24(25(28)31)21-10-17(2)33-15-21/h11-12,16-17,19,21,24H,4-10,13-15H2,1-3H3,(H2,28,31)/t16-,17?,21?,24?/m0/s1. The fraction of sp³-hybridized carbons (Fsp3) is 0.692. The lowest BCUT2D eigenvalue weighted by Gasteiger charge is -2.41. The zero-order valence-electron chi connectivity index (χ0n) is 20.2. The number of ether oxygens (including phenoxy) is 1. The van der Waals surface area contributed by atoms with Gasteiger partial charge in [0.1, 0.15) is 0 Å². The first kappa shape index (κ1) is 24.5. The van der Waals surface area contributed by atoms with E-state index in [1.165, 1.54) is 12.8 Å². The molecule has 0 radical (unpaired) electrons. The van der Waals surface area contributed by atoms with Gasteiger partial charge in [-0.25, -0.2) is 0 Å². The average Bonchev–Trinajstić information content (AvgIpc) is 3.43. The van der Waals surface area contributed by atoms with Gasteiger partial charge in [0.2, 0.25) is 11.8 Å².